The van der Waals surface area contributed by atoms with E-state index in [2.05, 4.69) is 48.4 Å². The lowest BCUT2D eigenvalue weighted by Gasteiger charge is -2.34. The van der Waals surface area contributed by atoms with Crippen molar-refractivity contribution in [1.29, 1.82) is 0 Å². The summed E-state index contributed by atoms with van der Waals surface area (Å²) in [5.74, 6) is 0.189. The molecule has 6 heteroatoms. The van der Waals surface area contributed by atoms with Gasteiger partial charge in [-0.15, -0.1) is 11.3 Å². The quantitative estimate of drug-likeness (QED) is 0.615. The van der Waals surface area contributed by atoms with Crippen LogP contribution >= 0.6 is 11.3 Å². The zero-order valence-corrected chi connectivity index (χ0v) is 18.0. The van der Waals surface area contributed by atoms with Gasteiger partial charge in [0.15, 0.2) is 0 Å². The predicted molar refractivity (Wildman–Crippen MR) is 119 cm³/mol. The first-order chi connectivity index (χ1) is 14.1. The number of piperazine rings is 1. The molecule has 0 unspecified atom stereocenters. The summed E-state index contributed by atoms with van der Waals surface area (Å²) in [6.45, 7) is 9.38. The number of nitrogens with zero attached hydrogens (tertiary/aromatic N) is 4. The van der Waals surface area contributed by atoms with E-state index in [0.29, 0.717) is 6.54 Å². The van der Waals surface area contributed by atoms with Gasteiger partial charge in [0.05, 0.1) is 11.4 Å². The number of rotatable bonds is 6. The van der Waals surface area contributed by atoms with Gasteiger partial charge in [-0.05, 0) is 32.0 Å². The molecule has 1 fully saturated rings. The first kappa shape index (κ1) is 19.9. The molecule has 0 N–H and O–H groups in total. The Balaban J connectivity index is 1.44. The number of hydrogen-bond donors (Lipinski definition) is 0. The average Bonchev–Trinajstić information content (AvgIpc) is 3.39. The van der Waals surface area contributed by atoms with Crippen LogP contribution in [0.1, 0.15) is 18.9 Å². The SMILES string of the molecule is CCCN1CCN(C(=O)Cn2cccc2-c2nc(-c3ccc(C)cc3)cs2)CC1. The van der Waals surface area contributed by atoms with Crippen LogP contribution in [0.3, 0.4) is 0 Å². The predicted octanol–water partition coefficient (Wildman–Crippen LogP) is 4.14. The fraction of sp³-hybridized carbons (Fsp3) is 0.391. The maximum Gasteiger partial charge on any atom is 0.242 e. The minimum Gasteiger partial charge on any atom is -0.339 e. The van der Waals surface area contributed by atoms with Crippen LogP contribution in [0.4, 0.5) is 0 Å². The minimum atomic E-state index is 0.189. The Morgan fingerprint density at radius 2 is 1.86 bits per heavy atom. The molecule has 0 bridgehead atoms. The first-order valence-electron chi connectivity index (χ1n) is 10.3. The Hall–Kier alpha value is -2.44. The van der Waals surface area contributed by atoms with Gasteiger partial charge in [-0.1, -0.05) is 36.8 Å². The highest BCUT2D eigenvalue weighted by molar-refractivity contribution is 7.13. The molecule has 2 aromatic heterocycles. The molecule has 5 nitrogen and oxygen atoms in total. The molecule has 3 aromatic rings. The van der Waals surface area contributed by atoms with E-state index >= 15 is 0 Å². The van der Waals surface area contributed by atoms with Crippen molar-refractivity contribution in [1.82, 2.24) is 19.4 Å². The molecule has 0 radical (unpaired) electrons. The number of carbonyl (C=O) groups excluding carboxylic acids is 1. The fourth-order valence-electron chi connectivity index (χ4n) is 3.78. The molecule has 29 heavy (non-hydrogen) atoms. The zero-order valence-electron chi connectivity index (χ0n) is 17.2. The van der Waals surface area contributed by atoms with E-state index in [0.717, 1.165) is 54.7 Å². The summed E-state index contributed by atoms with van der Waals surface area (Å²) in [5, 5.41) is 3.04. The molecule has 152 valence electrons. The third-order valence-corrected chi connectivity index (χ3v) is 6.34. The Labute approximate surface area is 176 Å². The topological polar surface area (TPSA) is 41.4 Å². The van der Waals surface area contributed by atoms with Crippen molar-refractivity contribution in [3.8, 4) is 22.0 Å². The Kier molecular flexibility index (Phi) is 6.11. The Morgan fingerprint density at radius 1 is 1.10 bits per heavy atom. The van der Waals surface area contributed by atoms with E-state index in [1.165, 1.54) is 12.0 Å². The van der Waals surface area contributed by atoms with E-state index in [-0.39, 0.29) is 5.91 Å². The highest BCUT2D eigenvalue weighted by Crippen LogP contribution is 2.29. The summed E-state index contributed by atoms with van der Waals surface area (Å²) in [7, 11) is 0. The first-order valence-corrected chi connectivity index (χ1v) is 11.2. The number of benzene rings is 1. The van der Waals surface area contributed by atoms with Crippen LogP contribution in [0.5, 0.6) is 0 Å². The highest BCUT2D eigenvalue weighted by Gasteiger charge is 2.21. The number of thiazole rings is 1. The molecule has 1 saturated heterocycles. The van der Waals surface area contributed by atoms with Gasteiger partial charge < -0.3 is 9.47 Å². The van der Waals surface area contributed by atoms with Crippen molar-refractivity contribution in [2.45, 2.75) is 26.8 Å². The van der Waals surface area contributed by atoms with Gasteiger partial charge in [-0.25, -0.2) is 4.98 Å². The van der Waals surface area contributed by atoms with Gasteiger partial charge in [-0.2, -0.15) is 0 Å². The third-order valence-electron chi connectivity index (χ3n) is 5.47. The molecular formula is C23H28N4OS. The van der Waals surface area contributed by atoms with Gasteiger partial charge in [0, 0.05) is 43.3 Å². The van der Waals surface area contributed by atoms with Crippen LogP contribution in [-0.4, -0.2) is 58.0 Å². The lowest BCUT2D eigenvalue weighted by Crippen LogP contribution is -2.49. The molecule has 0 atom stereocenters. The maximum atomic E-state index is 12.8. The molecule has 1 aliphatic rings. The standard InChI is InChI=1S/C23H28N4OS/c1-3-10-25-12-14-26(15-13-25)22(28)16-27-11-4-5-21(27)23-24-20(17-29-23)19-8-6-18(2)7-9-19/h4-9,11,17H,3,10,12-16H2,1-2H3. The molecule has 1 aromatic carbocycles. The zero-order chi connectivity index (χ0) is 20.2. The summed E-state index contributed by atoms with van der Waals surface area (Å²) < 4.78 is 2.03. The number of aryl methyl sites for hydroxylation is 1. The number of hydrogen-bond acceptors (Lipinski definition) is 4. The summed E-state index contributed by atoms with van der Waals surface area (Å²) in [6.07, 6.45) is 3.15. The smallest absolute Gasteiger partial charge is 0.242 e. The van der Waals surface area contributed by atoms with Crippen LogP contribution in [0.25, 0.3) is 22.0 Å². The summed E-state index contributed by atoms with van der Waals surface area (Å²) in [6, 6.07) is 12.5. The van der Waals surface area contributed by atoms with Gasteiger partial charge in [-0.3, -0.25) is 9.69 Å². The molecular weight excluding hydrogens is 380 g/mol. The second kappa shape index (κ2) is 8.93. The van der Waals surface area contributed by atoms with Crippen LogP contribution in [0, 0.1) is 6.92 Å². The van der Waals surface area contributed by atoms with Crippen LogP contribution in [-0.2, 0) is 11.3 Å². The van der Waals surface area contributed by atoms with Gasteiger partial charge in [0.1, 0.15) is 11.6 Å². The largest absolute Gasteiger partial charge is 0.339 e. The minimum absolute atomic E-state index is 0.189. The van der Waals surface area contributed by atoms with Crippen molar-refractivity contribution in [3.63, 3.8) is 0 Å². The van der Waals surface area contributed by atoms with E-state index in [4.69, 9.17) is 4.98 Å². The van der Waals surface area contributed by atoms with Crippen molar-refractivity contribution < 1.29 is 4.79 Å². The monoisotopic (exact) mass is 408 g/mol. The number of aromatic nitrogens is 2. The molecule has 4 rings (SSSR count). The van der Waals surface area contributed by atoms with E-state index in [9.17, 15) is 4.79 Å². The Morgan fingerprint density at radius 3 is 2.59 bits per heavy atom. The lowest BCUT2D eigenvalue weighted by molar-refractivity contribution is -0.133. The average molecular weight is 409 g/mol. The summed E-state index contributed by atoms with van der Waals surface area (Å²) in [5.41, 5.74) is 4.35. The highest BCUT2D eigenvalue weighted by atomic mass is 32.1. The second-order valence-electron chi connectivity index (χ2n) is 7.65. The number of carbonyl (C=O) groups is 1. The maximum absolute atomic E-state index is 12.8. The third kappa shape index (κ3) is 4.60. The van der Waals surface area contributed by atoms with Crippen molar-refractivity contribution in [2.24, 2.45) is 0 Å². The van der Waals surface area contributed by atoms with E-state index < -0.39 is 0 Å². The van der Waals surface area contributed by atoms with E-state index in [1.54, 1.807) is 11.3 Å². The number of amides is 1. The lowest BCUT2D eigenvalue weighted by atomic mass is 10.1. The van der Waals surface area contributed by atoms with Gasteiger partial charge in [0.2, 0.25) is 5.91 Å². The normalized spacial score (nSPS) is 15.0. The van der Waals surface area contributed by atoms with Crippen molar-refractivity contribution in [2.75, 3.05) is 32.7 Å². The molecule has 0 saturated carbocycles. The van der Waals surface area contributed by atoms with Crippen LogP contribution in [0.2, 0.25) is 0 Å². The van der Waals surface area contributed by atoms with Gasteiger partial charge in [0.25, 0.3) is 0 Å². The van der Waals surface area contributed by atoms with Crippen molar-refractivity contribution in [3.05, 3.63) is 53.5 Å². The summed E-state index contributed by atoms with van der Waals surface area (Å²) >= 11 is 1.63. The molecule has 0 aliphatic carbocycles. The van der Waals surface area contributed by atoms with Crippen LogP contribution in [0.15, 0.2) is 48.0 Å². The molecule has 0 spiro atoms. The Bertz CT molecular complexity index is 951. The molecule has 3 heterocycles. The second-order valence-corrected chi connectivity index (χ2v) is 8.51. The van der Waals surface area contributed by atoms with E-state index in [1.807, 2.05) is 27.8 Å². The van der Waals surface area contributed by atoms with Crippen molar-refractivity contribution >= 4 is 17.2 Å². The summed E-state index contributed by atoms with van der Waals surface area (Å²) in [4.78, 5) is 22.1. The van der Waals surface area contributed by atoms with Crippen LogP contribution < -0.4 is 0 Å². The fourth-order valence-corrected chi connectivity index (χ4v) is 4.65. The van der Waals surface area contributed by atoms with Gasteiger partial charge >= 0.3 is 0 Å². The molecule has 1 aliphatic heterocycles. The molecule has 1 amide bonds.